The van der Waals surface area contributed by atoms with E-state index in [1.807, 2.05) is 0 Å². The van der Waals surface area contributed by atoms with Crippen LogP contribution in [-0.2, 0) is 0 Å². The molecule has 0 aromatic heterocycles. The van der Waals surface area contributed by atoms with Crippen molar-refractivity contribution >= 4 is 0 Å². The molecule has 3 heteroatoms. The predicted molar refractivity (Wildman–Crippen MR) is 82.2 cm³/mol. The molecule has 1 saturated carbocycles. The molecular weight excluding hydrogens is 234 g/mol. The van der Waals surface area contributed by atoms with Crippen molar-refractivity contribution in [2.24, 2.45) is 17.6 Å². The Labute approximate surface area is 119 Å². The number of rotatable bonds is 4. The van der Waals surface area contributed by atoms with Gasteiger partial charge in [0, 0.05) is 24.7 Å². The van der Waals surface area contributed by atoms with Gasteiger partial charge in [0.15, 0.2) is 0 Å². The van der Waals surface area contributed by atoms with Crippen LogP contribution in [0.15, 0.2) is 0 Å². The summed E-state index contributed by atoms with van der Waals surface area (Å²) in [6.07, 6.45) is 6.66. The molecule has 1 heterocycles. The number of hydrogen-bond acceptors (Lipinski definition) is 3. The lowest BCUT2D eigenvalue weighted by atomic mass is 9.69. The molecule has 2 aliphatic rings. The molecule has 112 valence electrons. The van der Waals surface area contributed by atoms with Gasteiger partial charge < -0.3 is 10.6 Å². The Bertz CT molecular complexity index is 294. The molecule has 0 bridgehead atoms. The van der Waals surface area contributed by atoms with E-state index in [2.05, 4.69) is 37.7 Å². The summed E-state index contributed by atoms with van der Waals surface area (Å²) >= 11 is 0. The van der Waals surface area contributed by atoms with Crippen LogP contribution in [0.4, 0.5) is 0 Å². The van der Waals surface area contributed by atoms with Crippen molar-refractivity contribution in [2.75, 3.05) is 33.7 Å². The molecule has 4 unspecified atom stereocenters. The zero-order chi connectivity index (χ0) is 14.0. The molecule has 1 aliphatic heterocycles. The number of nitrogens with zero attached hydrogens (tertiary/aromatic N) is 2. The van der Waals surface area contributed by atoms with Gasteiger partial charge in [-0.1, -0.05) is 13.8 Å². The van der Waals surface area contributed by atoms with Gasteiger partial charge in [-0.2, -0.15) is 0 Å². The highest BCUT2D eigenvalue weighted by atomic mass is 15.2. The molecule has 2 rings (SSSR count). The summed E-state index contributed by atoms with van der Waals surface area (Å²) in [7, 11) is 4.58. The minimum Gasteiger partial charge on any atom is -0.329 e. The second-order valence-electron chi connectivity index (χ2n) is 7.25. The first-order chi connectivity index (χ1) is 8.99. The first-order valence-electron chi connectivity index (χ1n) is 8.11. The molecule has 0 aromatic carbocycles. The largest absolute Gasteiger partial charge is 0.329 e. The van der Waals surface area contributed by atoms with E-state index in [4.69, 9.17) is 5.73 Å². The lowest BCUT2D eigenvalue weighted by Crippen LogP contribution is -2.60. The fourth-order valence-corrected chi connectivity index (χ4v) is 4.42. The summed E-state index contributed by atoms with van der Waals surface area (Å²) in [5.41, 5.74) is 6.47. The van der Waals surface area contributed by atoms with Gasteiger partial charge in [-0.25, -0.2) is 0 Å². The average Bonchev–Trinajstić information content (AvgIpc) is 2.76. The van der Waals surface area contributed by atoms with Crippen LogP contribution in [0.1, 0.15) is 46.0 Å². The van der Waals surface area contributed by atoms with E-state index < -0.39 is 0 Å². The van der Waals surface area contributed by atoms with Crippen LogP contribution in [0.5, 0.6) is 0 Å². The van der Waals surface area contributed by atoms with Gasteiger partial charge in [-0.3, -0.25) is 4.90 Å². The van der Waals surface area contributed by atoms with Gasteiger partial charge in [-0.05, 0) is 64.6 Å². The molecule has 19 heavy (non-hydrogen) atoms. The van der Waals surface area contributed by atoms with Crippen LogP contribution >= 0.6 is 0 Å². The third kappa shape index (κ3) is 2.98. The minimum atomic E-state index is 0.246. The monoisotopic (exact) mass is 267 g/mol. The molecule has 1 saturated heterocycles. The Balaban J connectivity index is 2.03. The number of likely N-dealkylation sites (N-methyl/N-ethyl adjacent to an activating group) is 2. The van der Waals surface area contributed by atoms with Crippen LogP contribution in [-0.4, -0.2) is 55.1 Å². The van der Waals surface area contributed by atoms with Gasteiger partial charge in [-0.15, -0.1) is 0 Å². The van der Waals surface area contributed by atoms with E-state index in [0.717, 1.165) is 24.4 Å². The number of nitrogens with two attached hydrogens (primary N) is 1. The maximum Gasteiger partial charge on any atom is 0.0355 e. The van der Waals surface area contributed by atoms with Crippen LogP contribution in [0.2, 0.25) is 0 Å². The minimum absolute atomic E-state index is 0.246. The van der Waals surface area contributed by atoms with Crippen molar-refractivity contribution in [1.29, 1.82) is 0 Å². The maximum atomic E-state index is 6.23. The van der Waals surface area contributed by atoms with Gasteiger partial charge in [0.1, 0.15) is 0 Å². The summed E-state index contributed by atoms with van der Waals surface area (Å²) < 4.78 is 0. The van der Waals surface area contributed by atoms with Gasteiger partial charge >= 0.3 is 0 Å². The quantitative estimate of drug-likeness (QED) is 0.847. The van der Waals surface area contributed by atoms with Crippen LogP contribution in [0.25, 0.3) is 0 Å². The first-order valence-corrected chi connectivity index (χ1v) is 8.11. The summed E-state index contributed by atoms with van der Waals surface area (Å²) in [6, 6.07) is 0.736. The normalized spacial score (nSPS) is 41.1. The summed E-state index contributed by atoms with van der Waals surface area (Å²) in [5, 5.41) is 0. The van der Waals surface area contributed by atoms with E-state index in [-0.39, 0.29) is 5.54 Å². The van der Waals surface area contributed by atoms with Crippen LogP contribution in [0, 0.1) is 11.8 Å². The third-order valence-electron chi connectivity index (χ3n) is 6.01. The fraction of sp³-hybridized carbons (Fsp3) is 1.00. The van der Waals surface area contributed by atoms with Crippen molar-refractivity contribution in [3.8, 4) is 0 Å². The molecule has 1 aliphatic carbocycles. The molecule has 0 aromatic rings. The highest BCUT2D eigenvalue weighted by molar-refractivity contribution is 4.99. The zero-order valence-electron chi connectivity index (χ0n) is 13.4. The van der Waals surface area contributed by atoms with E-state index in [1.54, 1.807) is 0 Å². The Morgan fingerprint density at radius 1 is 1.32 bits per heavy atom. The lowest BCUT2D eigenvalue weighted by molar-refractivity contribution is 0.00637. The van der Waals surface area contributed by atoms with E-state index in [9.17, 15) is 0 Å². The topological polar surface area (TPSA) is 32.5 Å². The zero-order valence-corrected chi connectivity index (χ0v) is 13.4. The molecule has 2 N–H and O–H groups in total. The van der Waals surface area contributed by atoms with Crippen molar-refractivity contribution in [2.45, 2.75) is 57.5 Å². The van der Waals surface area contributed by atoms with E-state index in [0.29, 0.717) is 0 Å². The van der Waals surface area contributed by atoms with Gasteiger partial charge in [0.05, 0.1) is 0 Å². The Morgan fingerprint density at radius 3 is 2.58 bits per heavy atom. The summed E-state index contributed by atoms with van der Waals surface area (Å²) in [5.74, 6) is 1.59. The summed E-state index contributed by atoms with van der Waals surface area (Å²) in [4.78, 5) is 5.13. The van der Waals surface area contributed by atoms with Crippen molar-refractivity contribution in [1.82, 2.24) is 9.80 Å². The molecule has 0 amide bonds. The molecule has 0 spiro atoms. The third-order valence-corrected chi connectivity index (χ3v) is 6.01. The molecule has 0 radical (unpaired) electrons. The maximum absolute atomic E-state index is 6.23. The summed E-state index contributed by atoms with van der Waals surface area (Å²) in [6.45, 7) is 8.07. The van der Waals surface area contributed by atoms with Crippen LogP contribution < -0.4 is 5.73 Å². The molecule has 4 atom stereocenters. The average molecular weight is 267 g/mol. The van der Waals surface area contributed by atoms with Gasteiger partial charge in [0.2, 0.25) is 0 Å². The Morgan fingerprint density at radius 2 is 2.05 bits per heavy atom. The first kappa shape index (κ1) is 15.3. The molecule has 2 fully saturated rings. The Hall–Kier alpha value is -0.120. The SMILES string of the molecule is CC1CCC(CN)(N(C)CC2CCCN2C)C(C)C1. The lowest BCUT2D eigenvalue weighted by Gasteiger charge is -2.51. The van der Waals surface area contributed by atoms with Gasteiger partial charge in [0.25, 0.3) is 0 Å². The van der Waals surface area contributed by atoms with Crippen molar-refractivity contribution in [3.05, 3.63) is 0 Å². The number of hydrogen-bond donors (Lipinski definition) is 1. The smallest absolute Gasteiger partial charge is 0.0355 e. The predicted octanol–water partition coefficient (Wildman–Crippen LogP) is 2.17. The van der Waals surface area contributed by atoms with Crippen molar-refractivity contribution < 1.29 is 0 Å². The van der Waals surface area contributed by atoms with E-state index in [1.165, 1.54) is 45.2 Å². The Kier molecular flexibility index (Phi) is 4.91. The second-order valence-corrected chi connectivity index (χ2v) is 7.25. The molecular formula is C16H33N3. The standard InChI is InChI=1S/C16H33N3/c1-13-7-8-16(12-17,14(2)10-13)19(4)11-15-6-5-9-18(15)3/h13-15H,5-12,17H2,1-4H3. The van der Waals surface area contributed by atoms with Crippen LogP contribution in [0.3, 0.4) is 0 Å². The van der Waals surface area contributed by atoms with E-state index >= 15 is 0 Å². The number of likely N-dealkylation sites (tertiary alicyclic amines) is 1. The highest BCUT2D eigenvalue weighted by Gasteiger charge is 2.43. The highest BCUT2D eigenvalue weighted by Crippen LogP contribution is 2.40. The molecule has 3 nitrogen and oxygen atoms in total. The fourth-order valence-electron chi connectivity index (χ4n) is 4.42. The van der Waals surface area contributed by atoms with Crippen molar-refractivity contribution in [3.63, 3.8) is 0 Å². The second kappa shape index (κ2) is 6.11.